The largest absolute Gasteiger partial charge is 0.594 e. The van der Waals surface area contributed by atoms with Crippen molar-refractivity contribution in [3.05, 3.63) is 51.5 Å². The molecule has 3 rings (SSSR count). The summed E-state index contributed by atoms with van der Waals surface area (Å²) in [4.78, 5) is 0.412. The third kappa shape index (κ3) is 2.88. The van der Waals surface area contributed by atoms with Gasteiger partial charge in [-0.2, -0.15) is 0 Å². The van der Waals surface area contributed by atoms with E-state index in [1.54, 1.807) is 6.92 Å². The second kappa shape index (κ2) is 6.37. The van der Waals surface area contributed by atoms with Crippen LogP contribution in [-0.2, 0) is 4.74 Å². The van der Waals surface area contributed by atoms with E-state index in [9.17, 15) is 14.0 Å². The van der Waals surface area contributed by atoms with Crippen LogP contribution < -0.4 is 4.85 Å². The molecule has 0 N–H and O–H groups in total. The van der Waals surface area contributed by atoms with Crippen LogP contribution in [0.5, 0.6) is 0 Å². The molecule has 0 radical (unpaired) electrons. The quantitative estimate of drug-likeness (QED) is 0.621. The van der Waals surface area contributed by atoms with Crippen LogP contribution in [-0.4, -0.2) is 18.3 Å². The van der Waals surface area contributed by atoms with Gasteiger partial charge in [-0.1, -0.05) is 22.5 Å². The maximum atomic E-state index is 14.3. The highest BCUT2D eigenvalue weighted by Crippen LogP contribution is 2.40. The molecule has 2 aromatic rings. The molecular weight excluding hydrogens is 326 g/mol. The fourth-order valence-corrected chi connectivity index (χ4v) is 3.33. The van der Waals surface area contributed by atoms with Gasteiger partial charge in [0.1, 0.15) is 11.6 Å². The van der Waals surface area contributed by atoms with Crippen LogP contribution in [0, 0.1) is 23.8 Å². The second-order valence-electron chi connectivity index (χ2n) is 5.52. The Morgan fingerprint density at radius 2 is 1.83 bits per heavy atom. The first-order valence-electron chi connectivity index (χ1n) is 7.32. The fraction of sp³-hybridized carbons (Fsp3) is 0.375. The first-order valence-corrected chi connectivity index (χ1v) is 7.70. The van der Waals surface area contributed by atoms with Gasteiger partial charge in [0.15, 0.2) is 0 Å². The van der Waals surface area contributed by atoms with Gasteiger partial charge in [-0.15, -0.1) is 0 Å². The van der Waals surface area contributed by atoms with Crippen molar-refractivity contribution in [2.24, 2.45) is 0 Å². The van der Waals surface area contributed by atoms with E-state index in [0.29, 0.717) is 42.2 Å². The fourth-order valence-electron chi connectivity index (χ4n) is 3.06. The second-order valence-corrected chi connectivity index (χ2v) is 5.88. The summed E-state index contributed by atoms with van der Waals surface area (Å²) in [6, 6.07) is 3.61. The summed E-state index contributed by atoms with van der Waals surface area (Å²) in [5.74, 6) is -1.52. The van der Waals surface area contributed by atoms with Crippen LogP contribution in [0.4, 0.5) is 8.78 Å². The molecule has 122 valence electrons. The molecule has 0 bridgehead atoms. The summed E-state index contributed by atoms with van der Waals surface area (Å²) >= 11 is 6.11. The molecule has 4 nitrogen and oxygen atoms in total. The Hall–Kier alpha value is -1.79. The number of hydrogen-bond acceptors (Lipinski definition) is 3. The van der Waals surface area contributed by atoms with E-state index in [2.05, 4.69) is 5.10 Å². The Bertz CT molecular complexity index is 729. The lowest BCUT2D eigenvalue weighted by Crippen LogP contribution is -2.37. The van der Waals surface area contributed by atoms with E-state index in [0.717, 1.165) is 12.1 Å². The first-order chi connectivity index (χ1) is 11.0. The SMILES string of the molecule is Cc1c(C2CCOCC2)c(-c2c(F)cccc2F)c(Cl)n[n+]1[O-]. The van der Waals surface area contributed by atoms with Crippen LogP contribution in [0.15, 0.2) is 18.2 Å². The van der Waals surface area contributed by atoms with E-state index in [-0.39, 0.29) is 22.2 Å². The van der Waals surface area contributed by atoms with E-state index in [1.807, 2.05) is 0 Å². The Kier molecular flexibility index (Phi) is 4.46. The van der Waals surface area contributed by atoms with Gasteiger partial charge < -0.3 is 9.94 Å². The minimum Gasteiger partial charge on any atom is -0.594 e. The Labute approximate surface area is 137 Å². The van der Waals surface area contributed by atoms with Crippen LogP contribution in [0.2, 0.25) is 5.15 Å². The average Bonchev–Trinajstić information content (AvgIpc) is 2.53. The molecule has 2 heterocycles. The smallest absolute Gasteiger partial charge is 0.222 e. The first kappa shape index (κ1) is 16.1. The van der Waals surface area contributed by atoms with Gasteiger partial charge >= 0.3 is 0 Å². The monoisotopic (exact) mass is 340 g/mol. The molecule has 0 amide bonds. The number of halogens is 3. The van der Waals surface area contributed by atoms with E-state index < -0.39 is 11.6 Å². The molecule has 1 saturated heterocycles. The molecule has 0 saturated carbocycles. The Balaban J connectivity index is 2.29. The van der Waals surface area contributed by atoms with Crippen LogP contribution >= 0.6 is 11.6 Å². The van der Waals surface area contributed by atoms with Gasteiger partial charge in [-0.25, -0.2) is 8.78 Å². The van der Waals surface area contributed by atoms with Crippen LogP contribution in [0.25, 0.3) is 11.1 Å². The van der Waals surface area contributed by atoms with Crippen molar-refractivity contribution in [3.63, 3.8) is 0 Å². The summed E-state index contributed by atoms with van der Waals surface area (Å²) in [5, 5.41) is 15.4. The zero-order valence-corrected chi connectivity index (χ0v) is 13.2. The summed E-state index contributed by atoms with van der Waals surface area (Å²) in [5.41, 5.74) is 0.778. The zero-order valence-electron chi connectivity index (χ0n) is 12.5. The van der Waals surface area contributed by atoms with Gasteiger partial charge in [0.2, 0.25) is 10.8 Å². The standard InChI is InChI=1S/C16H15ClF2N2O2/c1-9-13(10-5-7-23-8-6-10)15(16(17)20-21(9)22)14-11(18)3-2-4-12(14)19/h2-4,10H,5-8H2,1H3. The predicted octanol–water partition coefficient (Wildman–Crippen LogP) is 3.52. The zero-order chi connectivity index (χ0) is 16.6. The van der Waals surface area contributed by atoms with Crippen molar-refractivity contribution in [2.75, 3.05) is 13.2 Å². The maximum Gasteiger partial charge on any atom is 0.222 e. The highest BCUT2D eigenvalue weighted by Gasteiger charge is 2.31. The van der Waals surface area contributed by atoms with Gasteiger partial charge in [-0.3, -0.25) is 0 Å². The van der Waals surface area contributed by atoms with Crippen molar-refractivity contribution in [1.82, 2.24) is 5.10 Å². The van der Waals surface area contributed by atoms with Crippen LogP contribution in [0.3, 0.4) is 0 Å². The summed E-state index contributed by atoms with van der Waals surface area (Å²) in [6.07, 6.45) is 1.31. The topological polar surface area (TPSA) is 49.1 Å². The molecule has 23 heavy (non-hydrogen) atoms. The molecule has 0 unspecified atom stereocenters. The van der Waals surface area contributed by atoms with Gasteiger partial charge in [-0.05, 0) is 30.9 Å². The number of rotatable bonds is 2. The normalized spacial score (nSPS) is 15.8. The van der Waals surface area contributed by atoms with E-state index in [4.69, 9.17) is 16.3 Å². The van der Waals surface area contributed by atoms with Gasteiger partial charge in [0.05, 0.1) is 5.56 Å². The number of aromatic nitrogens is 2. The van der Waals surface area contributed by atoms with Crippen molar-refractivity contribution in [3.8, 4) is 11.1 Å². The van der Waals surface area contributed by atoms with Crippen molar-refractivity contribution < 1.29 is 18.4 Å². The van der Waals surface area contributed by atoms with Crippen molar-refractivity contribution in [1.29, 1.82) is 0 Å². The molecule has 1 aliphatic rings. The lowest BCUT2D eigenvalue weighted by Gasteiger charge is -2.25. The van der Waals surface area contributed by atoms with Crippen LogP contribution in [0.1, 0.15) is 30.0 Å². The molecule has 0 atom stereocenters. The molecular formula is C16H15ClF2N2O2. The lowest BCUT2D eigenvalue weighted by molar-refractivity contribution is -0.675. The summed E-state index contributed by atoms with van der Waals surface area (Å²) in [6.45, 7) is 2.65. The number of hydrogen-bond donors (Lipinski definition) is 0. The summed E-state index contributed by atoms with van der Waals surface area (Å²) < 4.78 is 33.9. The molecule has 0 aliphatic carbocycles. The lowest BCUT2D eigenvalue weighted by atomic mass is 9.85. The third-order valence-corrected chi connectivity index (χ3v) is 4.44. The Morgan fingerprint density at radius 3 is 2.43 bits per heavy atom. The van der Waals surface area contributed by atoms with Gasteiger partial charge in [0, 0.05) is 36.4 Å². The minimum absolute atomic E-state index is 0.0570. The van der Waals surface area contributed by atoms with Crippen molar-refractivity contribution in [2.45, 2.75) is 25.7 Å². The van der Waals surface area contributed by atoms with E-state index in [1.165, 1.54) is 6.07 Å². The minimum atomic E-state index is -0.731. The number of nitrogens with zero attached hydrogens (tertiary/aromatic N) is 2. The van der Waals surface area contributed by atoms with E-state index >= 15 is 0 Å². The van der Waals surface area contributed by atoms with Gasteiger partial charge in [0.25, 0.3) is 0 Å². The molecule has 1 aromatic carbocycles. The maximum absolute atomic E-state index is 14.3. The summed E-state index contributed by atoms with van der Waals surface area (Å²) in [7, 11) is 0. The molecule has 1 aliphatic heterocycles. The molecule has 7 heteroatoms. The number of benzene rings is 1. The average molecular weight is 341 g/mol. The highest BCUT2D eigenvalue weighted by molar-refractivity contribution is 6.32. The molecule has 1 aromatic heterocycles. The number of ether oxygens (including phenoxy) is 1. The highest BCUT2D eigenvalue weighted by atomic mass is 35.5. The molecule has 0 spiro atoms. The third-order valence-electron chi connectivity index (χ3n) is 4.17. The Morgan fingerprint density at radius 1 is 1.22 bits per heavy atom. The van der Waals surface area contributed by atoms with Crippen molar-refractivity contribution >= 4 is 11.6 Å². The predicted molar refractivity (Wildman–Crippen MR) is 81.1 cm³/mol. The molecule has 1 fully saturated rings.